The SMILES string of the molecule is NC1(c2nc3c(c(=O)[nH]2)CCSC3)CC1. The van der Waals surface area contributed by atoms with Gasteiger partial charge < -0.3 is 10.7 Å². The molecule has 0 saturated heterocycles. The lowest BCUT2D eigenvalue weighted by atomic mass is 10.1. The first-order valence-electron chi connectivity index (χ1n) is 5.18. The fourth-order valence-corrected chi connectivity index (χ4v) is 2.80. The molecule has 0 bridgehead atoms. The van der Waals surface area contributed by atoms with Crippen LogP contribution >= 0.6 is 11.8 Å². The summed E-state index contributed by atoms with van der Waals surface area (Å²) in [7, 11) is 0. The summed E-state index contributed by atoms with van der Waals surface area (Å²) in [5, 5.41) is 0. The molecule has 3 N–H and O–H groups in total. The lowest BCUT2D eigenvalue weighted by Crippen LogP contribution is -2.30. The van der Waals surface area contributed by atoms with Crippen molar-refractivity contribution in [3.63, 3.8) is 0 Å². The predicted molar refractivity (Wildman–Crippen MR) is 59.8 cm³/mol. The number of fused-ring (bicyclic) bond motifs is 1. The van der Waals surface area contributed by atoms with Crippen molar-refractivity contribution in [2.24, 2.45) is 5.73 Å². The molecule has 1 aromatic heterocycles. The predicted octanol–water partition coefficient (Wildman–Crippen LogP) is 0.507. The summed E-state index contributed by atoms with van der Waals surface area (Å²) >= 11 is 1.83. The molecular formula is C10H13N3OS. The Morgan fingerprint density at radius 1 is 1.47 bits per heavy atom. The number of H-pyrrole nitrogens is 1. The highest BCUT2D eigenvalue weighted by Crippen LogP contribution is 2.40. The number of aromatic nitrogens is 2. The Balaban J connectivity index is 2.13. The molecule has 0 atom stereocenters. The third kappa shape index (κ3) is 1.50. The first kappa shape index (κ1) is 9.42. The number of aromatic amines is 1. The molecule has 5 heteroatoms. The summed E-state index contributed by atoms with van der Waals surface area (Å²) in [6.45, 7) is 0. The maximum absolute atomic E-state index is 11.8. The summed E-state index contributed by atoms with van der Waals surface area (Å²) in [6, 6.07) is 0. The van der Waals surface area contributed by atoms with Gasteiger partial charge in [-0.3, -0.25) is 4.79 Å². The first-order valence-corrected chi connectivity index (χ1v) is 6.34. The highest BCUT2D eigenvalue weighted by atomic mass is 32.2. The summed E-state index contributed by atoms with van der Waals surface area (Å²) in [6.07, 6.45) is 2.70. The molecule has 0 unspecified atom stereocenters. The maximum Gasteiger partial charge on any atom is 0.254 e. The third-order valence-corrected chi connectivity index (χ3v) is 4.07. The fraction of sp³-hybridized carbons (Fsp3) is 0.600. The van der Waals surface area contributed by atoms with Gasteiger partial charge in [-0.25, -0.2) is 4.98 Å². The Kier molecular flexibility index (Phi) is 1.94. The van der Waals surface area contributed by atoms with Gasteiger partial charge in [-0.1, -0.05) is 0 Å². The van der Waals surface area contributed by atoms with Crippen molar-refractivity contribution >= 4 is 11.8 Å². The van der Waals surface area contributed by atoms with Crippen LogP contribution in [-0.4, -0.2) is 15.7 Å². The summed E-state index contributed by atoms with van der Waals surface area (Å²) in [4.78, 5) is 19.1. The van der Waals surface area contributed by atoms with Gasteiger partial charge in [-0.2, -0.15) is 11.8 Å². The number of nitrogens with two attached hydrogens (primary N) is 1. The standard InChI is InChI=1S/C10H13N3OS/c11-10(2-3-10)9-12-7-5-15-4-1-6(7)8(14)13-9/h1-5,11H2,(H,12,13,14). The van der Waals surface area contributed by atoms with Crippen molar-refractivity contribution in [2.75, 3.05) is 5.75 Å². The zero-order valence-electron chi connectivity index (χ0n) is 8.38. The van der Waals surface area contributed by atoms with Crippen molar-refractivity contribution in [3.8, 4) is 0 Å². The molecule has 2 heterocycles. The average molecular weight is 223 g/mol. The zero-order valence-corrected chi connectivity index (χ0v) is 9.19. The second-order valence-electron chi connectivity index (χ2n) is 4.30. The average Bonchev–Trinajstić information content (AvgIpc) is 2.98. The van der Waals surface area contributed by atoms with Gasteiger partial charge in [0.05, 0.1) is 11.2 Å². The fourth-order valence-electron chi connectivity index (χ4n) is 1.87. The molecule has 1 aromatic rings. The molecule has 4 nitrogen and oxygen atoms in total. The van der Waals surface area contributed by atoms with Gasteiger partial charge in [0.25, 0.3) is 5.56 Å². The van der Waals surface area contributed by atoms with Gasteiger partial charge in [0.1, 0.15) is 5.82 Å². The van der Waals surface area contributed by atoms with Crippen LogP contribution < -0.4 is 11.3 Å². The van der Waals surface area contributed by atoms with E-state index in [0.717, 1.165) is 42.0 Å². The van der Waals surface area contributed by atoms with Crippen LogP contribution in [0.3, 0.4) is 0 Å². The number of rotatable bonds is 1. The number of hydrogen-bond donors (Lipinski definition) is 2. The maximum atomic E-state index is 11.8. The van der Waals surface area contributed by atoms with Crippen LogP contribution in [0.1, 0.15) is 29.9 Å². The Morgan fingerprint density at radius 3 is 3.00 bits per heavy atom. The summed E-state index contributed by atoms with van der Waals surface area (Å²) < 4.78 is 0. The van der Waals surface area contributed by atoms with E-state index in [9.17, 15) is 4.79 Å². The molecule has 15 heavy (non-hydrogen) atoms. The summed E-state index contributed by atoms with van der Waals surface area (Å²) in [5.74, 6) is 2.56. The number of hydrogen-bond acceptors (Lipinski definition) is 4. The second-order valence-corrected chi connectivity index (χ2v) is 5.40. The highest BCUT2D eigenvalue weighted by molar-refractivity contribution is 7.98. The van der Waals surface area contributed by atoms with Crippen molar-refractivity contribution in [1.82, 2.24) is 9.97 Å². The molecule has 0 amide bonds. The van der Waals surface area contributed by atoms with E-state index >= 15 is 0 Å². The van der Waals surface area contributed by atoms with E-state index < -0.39 is 0 Å². The van der Waals surface area contributed by atoms with Crippen molar-refractivity contribution in [1.29, 1.82) is 0 Å². The van der Waals surface area contributed by atoms with Crippen LogP contribution in [0, 0.1) is 0 Å². The van der Waals surface area contributed by atoms with Gasteiger partial charge >= 0.3 is 0 Å². The zero-order chi connectivity index (χ0) is 10.5. The van der Waals surface area contributed by atoms with Crippen LogP contribution in [-0.2, 0) is 17.7 Å². The van der Waals surface area contributed by atoms with E-state index in [-0.39, 0.29) is 11.1 Å². The van der Waals surface area contributed by atoms with Gasteiger partial charge in [0, 0.05) is 11.3 Å². The van der Waals surface area contributed by atoms with Crippen LogP contribution in [0.2, 0.25) is 0 Å². The molecule has 1 aliphatic carbocycles. The van der Waals surface area contributed by atoms with Gasteiger partial charge in [-0.15, -0.1) is 0 Å². The molecule has 0 aromatic carbocycles. The monoisotopic (exact) mass is 223 g/mol. The first-order chi connectivity index (χ1) is 7.19. The number of nitrogens with zero attached hydrogens (tertiary/aromatic N) is 1. The van der Waals surface area contributed by atoms with Crippen LogP contribution in [0.25, 0.3) is 0 Å². The Morgan fingerprint density at radius 2 is 2.27 bits per heavy atom. The molecule has 2 aliphatic rings. The lowest BCUT2D eigenvalue weighted by molar-refractivity contribution is 0.656. The molecule has 1 aliphatic heterocycles. The molecule has 0 spiro atoms. The van der Waals surface area contributed by atoms with E-state index in [2.05, 4.69) is 9.97 Å². The lowest BCUT2D eigenvalue weighted by Gasteiger charge is -2.16. The number of nitrogens with one attached hydrogen (secondary N) is 1. The minimum absolute atomic E-state index is 0.0204. The Labute approximate surface area is 91.7 Å². The van der Waals surface area contributed by atoms with E-state index in [1.165, 1.54) is 0 Å². The van der Waals surface area contributed by atoms with Crippen molar-refractivity contribution in [2.45, 2.75) is 30.6 Å². The molecule has 1 saturated carbocycles. The van der Waals surface area contributed by atoms with Crippen LogP contribution in [0.15, 0.2) is 4.79 Å². The molecule has 80 valence electrons. The minimum atomic E-state index is -0.337. The Bertz CT molecular complexity index is 464. The van der Waals surface area contributed by atoms with E-state index in [1.54, 1.807) is 0 Å². The van der Waals surface area contributed by atoms with E-state index in [0.29, 0.717) is 5.82 Å². The van der Waals surface area contributed by atoms with Gasteiger partial charge in [0.15, 0.2) is 0 Å². The molecular weight excluding hydrogens is 210 g/mol. The quantitative estimate of drug-likeness (QED) is 0.727. The molecule has 1 fully saturated rings. The third-order valence-electron chi connectivity index (χ3n) is 3.10. The molecule has 0 radical (unpaired) electrons. The highest BCUT2D eigenvalue weighted by Gasteiger charge is 2.43. The number of thioether (sulfide) groups is 1. The van der Waals surface area contributed by atoms with Crippen LogP contribution in [0.5, 0.6) is 0 Å². The minimum Gasteiger partial charge on any atom is -0.319 e. The van der Waals surface area contributed by atoms with E-state index in [1.807, 2.05) is 11.8 Å². The normalized spacial score (nSPS) is 22.2. The van der Waals surface area contributed by atoms with Gasteiger partial charge in [-0.05, 0) is 25.0 Å². The van der Waals surface area contributed by atoms with Crippen LogP contribution in [0.4, 0.5) is 0 Å². The smallest absolute Gasteiger partial charge is 0.254 e. The summed E-state index contributed by atoms with van der Waals surface area (Å²) in [5.41, 5.74) is 7.52. The Hall–Kier alpha value is -0.810. The molecule has 3 rings (SSSR count). The largest absolute Gasteiger partial charge is 0.319 e. The second kappa shape index (κ2) is 3.09. The topological polar surface area (TPSA) is 71.8 Å². The van der Waals surface area contributed by atoms with E-state index in [4.69, 9.17) is 5.73 Å². The van der Waals surface area contributed by atoms with Crippen molar-refractivity contribution < 1.29 is 0 Å². The van der Waals surface area contributed by atoms with Crippen molar-refractivity contribution in [3.05, 3.63) is 27.4 Å². The van der Waals surface area contributed by atoms with Gasteiger partial charge in [0.2, 0.25) is 0 Å².